The van der Waals surface area contributed by atoms with Crippen LogP contribution in [0.2, 0.25) is 0 Å². The normalized spacial score (nSPS) is 13.3. The van der Waals surface area contributed by atoms with Gasteiger partial charge in [0.25, 0.3) is 0 Å². The molecule has 0 atom stereocenters. The molecule has 3 aromatic rings. The third kappa shape index (κ3) is 5.73. The van der Waals surface area contributed by atoms with Crippen molar-refractivity contribution >= 4 is 0 Å². The maximum Gasteiger partial charge on any atom is 0.417 e. The van der Waals surface area contributed by atoms with E-state index in [9.17, 15) is 52.7 Å². The van der Waals surface area contributed by atoms with Crippen LogP contribution in [0.1, 0.15) is 27.8 Å². The highest BCUT2D eigenvalue weighted by molar-refractivity contribution is 5.78. The molecule has 0 aromatic heterocycles. The molecule has 0 heterocycles. The summed E-state index contributed by atoms with van der Waals surface area (Å²) >= 11 is 0. The Morgan fingerprint density at radius 1 is 0.429 bits per heavy atom. The summed E-state index contributed by atoms with van der Waals surface area (Å²) in [6.45, 7) is 1.23. The monoisotopic (exact) mass is 516 g/mol. The molecule has 0 aliphatic rings. The minimum absolute atomic E-state index is 0.00794. The van der Waals surface area contributed by atoms with Crippen LogP contribution in [0, 0.1) is 6.92 Å². The lowest BCUT2D eigenvalue weighted by atomic mass is 9.90. The second-order valence-electron chi connectivity index (χ2n) is 7.60. The summed E-state index contributed by atoms with van der Waals surface area (Å²) in [5.74, 6) is 0. The number of halogens is 12. The van der Waals surface area contributed by atoms with Crippen LogP contribution in [0.4, 0.5) is 52.7 Å². The van der Waals surface area contributed by atoms with Crippen LogP contribution in [0.3, 0.4) is 0 Å². The van der Waals surface area contributed by atoms with Crippen molar-refractivity contribution in [3.8, 4) is 22.3 Å². The van der Waals surface area contributed by atoms with E-state index in [0.717, 1.165) is 12.1 Å². The van der Waals surface area contributed by atoms with Crippen molar-refractivity contribution in [2.45, 2.75) is 31.6 Å². The molecule has 0 unspecified atom stereocenters. The zero-order valence-electron chi connectivity index (χ0n) is 17.2. The Hall–Kier alpha value is -3.18. The number of hydrogen-bond donors (Lipinski definition) is 0. The van der Waals surface area contributed by atoms with E-state index in [0.29, 0.717) is 6.07 Å². The Balaban J connectivity index is 2.35. The Morgan fingerprint density at radius 3 is 1.06 bits per heavy atom. The summed E-state index contributed by atoms with van der Waals surface area (Å²) < 4.78 is 160. The van der Waals surface area contributed by atoms with Gasteiger partial charge in [0.1, 0.15) is 0 Å². The van der Waals surface area contributed by atoms with Crippen LogP contribution < -0.4 is 0 Å². The van der Waals surface area contributed by atoms with Crippen LogP contribution in [0.25, 0.3) is 22.3 Å². The van der Waals surface area contributed by atoms with E-state index in [1.165, 1.54) is 6.92 Å². The molecule has 0 N–H and O–H groups in total. The lowest BCUT2D eigenvalue weighted by molar-refractivity contribution is -0.141. The first-order valence-corrected chi connectivity index (χ1v) is 9.48. The molecule has 0 aliphatic carbocycles. The summed E-state index contributed by atoms with van der Waals surface area (Å²) in [6, 6.07) is 3.86. The quantitative estimate of drug-likeness (QED) is 0.298. The standard InChI is InChI=1S/C23H12F12/c1-11-6-12(16-9-14(20(24,25)26)2-4-18(16)22(30,31)32)8-13(7-11)17-10-15(21(27,28)29)3-5-19(17)23(33,34)35/h2-10H,1H3. The molecule has 0 fully saturated rings. The highest BCUT2D eigenvalue weighted by Gasteiger charge is 2.39. The fourth-order valence-corrected chi connectivity index (χ4v) is 3.51. The van der Waals surface area contributed by atoms with Gasteiger partial charge < -0.3 is 0 Å². The van der Waals surface area contributed by atoms with Crippen LogP contribution in [-0.2, 0) is 24.7 Å². The molecule has 12 heteroatoms. The molecule has 0 spiro atoms. The highest BCUT2D eigenvalue weighted by atomic mass is 19.4. The Morgan fingerprint density at radius 2 is 0.771 bits per heavy atom. The highest BCUT2D eigenvalue weighted by Crippen LogP contribution is 2.44. The second-order valence-corrected chi connectivity index (χ2v) is 7.60. The first kappa shape index (κ1) is 26.4. The fourth-order valence-electron chi connectivity index (χ4n) is 3.51. The maximum atomic E-state index is 13.5. The maximum absolute atomic E-state index is 13.5. The molecule has 0 bridgehead atoms. The molecule has 0 amide bonds. The SMILES string of the molecule is Cc1cc(-c2cc(C(F)(F)F)ccc2C(F)(F)F)cc(-c2cc(C(F)(F)F)ccc2C(F)(F)F)c1. The predicted molar refractivity (Wildman–Crippen MR) is 102 cm³/mol. The average Bonchev–Trinajstić information content (AvgIpc) is 2.70. The molecule has 0 nitrogen and oxygen atoms in total. The van der Waals surface area contributed by atoms with Gasteiger partial charge in [-0.05, 0) is 77.2 Å². The Kier molecular flexibility index (Phi) is 6.41. The predicted octanol–water partition coefficient (Wildman–Crippen LogP) is 9.40. The molecule has 3 rings (SSSR count). The Bertz CT molecular complexity index is 1150. The summed E-state index contributed by atoms with van der Waals surface area (Å²) in [6.07, 6.45) is -20.3. The van der Waals surface area contributed by atoms with Crippen LogP contribution >= 0.6 is 0 Å². The molecule has 0 saturated carbocycles. The molecule has 188 valence electrons. The number of benzene rings is 3. The van der Waals surface area contributed by atoms with Crippen molar-refractivity contribution in [3.05, 3.63) is 82.4 Å². The summed E-state index contributed by atoms with van der Waals surface area (Å²) in [7, 11) is 0. The van der Waals surface area contributed by atoms with E-state index >= 15 is 0 Å². The molecular weight excluding hydrogens is 504 g/mol. The van der Waals surface area contributed by atoms with Crippen molar-refractivity contribution in [1.29, 1.82) is 0 Å². The van der Waals surface area contributed by atoms with Gasteiger partial charge in [0.05, 0.1) is 22.3 Å². The topological polar surface area (TPSA) is 0 Å². The van der Waals surface area contributed by atoms with Crippen LogP contribution in [0.5, 0.6) is 0 Å². The number of alkyl halides is 12. The van der Waals surface area contributed by atoms with E-state index in [4.69, 9.17) is 0 Å². The minimum Gasteiger partial charge on any atom is -0.166 e. The molecule has 0 aliphatic heterocycles. The minimum atomic E-state index is -5.13. The van der Waals surface area contributed by atoms with Crippen molar-refractivity contribution in [3.63, 3.8) is 0 Å². The zero-order chi connectivity index (χ0) is 26.6. The lowest BCUT2D eigenvalue weighted by Crippen LogP contribution is -2.12. The largest absolute Gasteiger partial charge is 0.417 e. The molecular formula is C23H12F12. The van der Waals surface area contributed by atoms with Crippen LogP contribution in [-0.4, -0.2) is 0 Å². The van der Waals surface area contributed by atoms with Gasteiger partial charge >= 0.3 is 24.7 Å². The molecule has 0 radical (unpaired) electrons. The van der Waals surface area contributed by atoms with Crippen molar-refractivity contribution in [1.82, 2.24) is 0 Å². The summed E-state index contributed by atoms with van der Waals surface area (Å²) in [5, 5.41) is 0. The molecule has 35 heavy (non-hydrogen) atoms. The average molecular weight is 516 g/mol. The van der Waals surface area contributed by atoms with Crippen molar-refractivity contribution in [2.75, 3.05) is 0 Å². The number of aryl methyl sites for hydroxylation is 1. The van der Waals surface area contributed by atoms with Crippen molar-refractivity contribution < 1.29 is 52.7 Å². The lowest BCUT2D eigenvalue weighted by Gasteiger charge is -2.19. The number of hydrogen-bond acceptors (Lipinski definition) is 0. The van der Waals surface area contributed by atoms with Gasteiger partial charge in [-0.2, -0.15) is 52.7 Å². The molecule has 3 aromatic carbocycles. The van der Waals surface area contributed by atoms with Crippen molar-refractivity contribution in [2.24, 2.45) is 0 Å². The summed E-state index contributed by atoms with van der Waals surface area (Å²) in [5.41, 5.74) is -8.96. The van der Waals surface area contributed by atoms with Gasteiger partial charge in [0.2, 0.25) is 0 Å². The summed E-state index contributed by atoms with van der Waals surface area (Å²) in [4.78, 5) is 0. The smallest absolute Gasteiger partial charge is 0.166 e. The fraction of sp³-hybridized carbons (Fsp3) is 0.217. The van der Waals surface area contributed by atoms with E-state index in [-0.39, 0.29) is 42.0 Å². The first-order chi connectivity index (χ1) is 15.8. The van der Waals surface area contributed by atoms with E-state index in [2.05, 4.69) is 0 Å². The third-order valence-electron chi connectivity index (χ3n) is 5.00. The Labute approximate surface area is 189 Å². The number of rotatable bonds is 2. The van der Waals surface area contributed by atoms with Gasteiger partial charge in [-0.25, -0.2) is 0 Å². The van der Waals surface area contributed by atoms with Gasteiger partial charge in [-0.3, -0.25) is 0 Å². The zero-order valence-corrected chi connectivity index (χ0v) is 17.2. The van der Waals surface area contributed by atoms with Gasteiger partial charge in [-0.1, -0.05) is 12.1 Å². The van der Waals surface area contributed by atoms with Gasteiger partial charge in [-0.15, -0.1) is 0 Å². The van der Waals surface area contributed by atoms with E-state index in [1.54, 1.807) is 0 Å². The van der Waals surface area contributed by atoms with E-state index < -0.39 is 69.2 Å². The second kappa shape index (κ2) is 8.49. The third-order valence-corrected chi connectivity index (χ3v) is 5.00. The van der Waals surface area contributed by atoms with E-state index in [1.807, 2.05) is 0 Å². The van der Waals surface area contributed by atoms with Gasteiger partial charge in [0, 0.05) is 0 Å². The van der Waals surface area contributed by atoms with Crippen LogP contribution in [0.15, 0.2) is 54.6 Å². The van der Waals surface area contributed by atoms with Gasteiger partial charge in [0.15, 0.2) is 0 Å². The first-order valence-electron chi connectivity index (χ1n) is 9.48. The molecule has 0 saturated heterocycles.